The van der Waals surface area contributed by atoms with Crippen LogP contribution in [0.2, 0.25) is 0 Å². The van der Waals surface area contributed by atoms with Gasteiger partial charge in [-0.3, -0.25) is 4.79 Å². The summed E-state index contributed by atoms with van der Waals surface area (Å²) < 4.78 is 58.5. The smallest absolute Gasteiger partial charge is 0.405 e. The van der Waals surface area contributed by atoms with Crippen LogP contribution in [0.5, 0.6) is 5.75 Å². The molecular formula is C21H31F4N9O2. The maximum atomic E-state index is 14.7. The number of alkyl halides is 3. The summed E-state index contributed by atoms with van der Waals surface area (Å²) in [5.41, 5.74) is 7.53. The van der Waals surface area contributed by atoms with Crippen LogP contribution in [0.3, 0.4) is 0 Å². The second kappa shape index (κ2) is 9.83. The van der Waals surface area contributed by atoms with E-state index in [4.69, 9.17) is 10.5 Å². The minimum Gasteiger partial charge on any atom is -0.497 e. The van der Waals surface area contributed by atoms with E-state index in [1.165, 1.54) is 4.90 Å². The van der Waals surface area contributed by atoms with E-state index >= 15 is 0 Å². The lowest BCUT2D eigenvalue weighted by Gasteiger charge is -2.25. The zero-order valence-electron chi connectivity index (χ0n) is 19.3. The third-order valence-electron chi connectivity index (χ3n) is 5.51. The SMILES string of the molecule is COc1ccc(Nc2nc(N)n(-c3ncc(F)c(N4CCC[C@@H]4C(=O)NCC(F)(F)F)n3)n2)c(C)c1.[HH].[HH].[HH].[HH]. The Bertz CT molecular complexity index is 1280. The Hall–Kier alpha value is -4.17. The number of aromatic nitrogens is 5. The van der Waals surface area contributed by atoms with Crippen molar-refractivity contribution in [2.24, 2.45) is 0 Å². The normalized spacial score (nSPS) is 15.7. The van der Waals surface area contributed by atoms with Gasteiger partial charge in [0.15, 0.2) is 11.6 Å². The third-order valence-corrected chi connectivity index (χ3v) is 5.51. The van der Waals surface area contributed by atoms with Crippen molar-refractivity contribution in [3.63, 3.8) is 0 Å². The Balaban J connectivity index is 0.00000380. The maximum absolute atomic E-state index is 14.7. The predicted molar refractivity (Wildman–Crippen MR) is 130 cm³/mol. The van der Waals surface area contributed by atoms with Crippen molar-refractivity contribution < 1.29 is 32.8 Å². The number of amides is 1. The molecule has 3 aromatic rings. The Morgan fingerprint density at radius 2 is 2.11 bits per heavy atom. The number of hydrogen-bond donors (Lipinski definition) is 3. The highest BCUT2D eigenvalue weighted by molar-refractivity contribution is 5.85. The molecule has 1 amide bonds. The number of nitrogens with one attached hydrogen (secondary N) is 2. The Morgan fingerprint density at radius 1 is 1.33 bits per heavy atom. The van der Waals surface area contributed by atoms with Gasteiger partial charge < -0.3 is 26.0 Å². The fraction of sp³-hybridized carbons (Fsp3) is 0.381. The third kappa shape index (κ3) is 5.39. The average molecular weight is 518 g/mol. The Labute approximate surface area is 208 Å². The first-order chi connectivity index (χ1) is 17.1. The number of hydrogen-bond acceptors (Lipinski definition) is 9. The van der Waals surface area contributed by atoms with Gasteiger partial charge in [0.05, 0.1) is 13.3 Å². The highest BCUT2D eigenvalue weighted by atomic mass is 19.4. The van der Waals surface area contributed by atoms with Crippen LogP contribution in [0.25, 0.3) is 5.95 Å². The number of carbonyl (C=O) groups is 1. The molecule has 0 saturated carbocycles. The highest BCUT2D eigenvalue weighted by Crippen LogP contribution is 2.28. The van der Waals surface area contributed by atoms with E-state index in [-0.39, 0.29) is 42.3 Å². The summed E-state index contributed by atoms with van der Waals surface area (Å²) in [6, 6.07) is 4.32. The molecule has 1 aliphatic heterocycles. The molecule has 1 aromatic carbocycles. The lowest BCUT2D eigenvalue weighted by Crippen LogP contribution is -2.46. The van der Waals surface area contributed by atoms with Gasteiger partial charge in [-0.05, 0) is 43.5 Å². The molecule has 1 saturated heterocycles. The molecule has 1 aliphatic rings. The molecule has 0 bridgehead atoms. The number of nitrogen functional groups attached to an aromatic ring is 1. The van der Waals surface area contributed by atoms with Gasteiger partial charge in [-0.2, -0.15) is 27.8 Å². The summed E-state index contributed by atoms with van der Waals surface area (Å²) in [5.74, 6) is -1.39. The molecule has 11 nitrogen and oxygen atoms in total. The van der Waals surface area contributed by atoms with Crippen LogP contribution in [0.4, 0.5) is 41.0 Å². The molecule has 0 radical (unpaired) electrons. The van der Waals surface area contributed by atoms with Gasteiger partial charge >= 0.3 is 6.18 Å². The number of nitrogens with two attached hydrogens (primary N) is 1. The van der Waals surface area contributed by atoms with Gasteiger partial charge in [0.1, 0.15) is 18.3 Å². The molecule has 4 N–H and O–H groups in total. The molecular weight excluding hydrogens is 486 g/mol. The van der Waals surface area contributed by atoms with E-state index < -0.39 is 30.5 Å². The predicted octanol–water partition coefficient (Wildman–Crippen LogP) is 3.47. The van der Waals surface area contributed by atoms with Crippen LogP contribution >= 0.6 is 0 Å². The lowest BCUT2D eigenvalue weighted by atomic mass is 10.2. The summed E-state index contributed by atoms with van der Waals surface area (Å²) in [6.45, 7) is 0.596. The first kappa shape index (κ1) is 24.9. The van der Waals surface area contributed by atoms with Crippen LogP contribution in [0.1, 0.15) is 24.1 Å². The lowest BCUT2D eigenvalue weighted by molar-refractivity contribution is -0.139. The van der Waals surface area contributed by atoms with Crippen LogP contribution in [0.15, 0.2) is 24.4 Å². The van der Waals surface area contributed by atoms with Crippen molar-refractivity contribution in [1.82, 2.24) is 30.0 Å². The van der Waals surface area contributed by atoms with Crippen LogP contribution in [0, 0.1) is 12.7 Å². The molecule has 2 aromatic heterocycles. The molecule has 0 spiro atoms. The van der Waals surface area contributed by atoms with Crippen LogP contribution in [-0.2, 0) is 4.79 Å². The molecule has 15 heteroatoms. The minimum atomic E-state index is -4.56. The van der Waals surface area contributed by atoms with E-state index in [9.17, 15) is 22.4 Å². The van der Waals surface area contributed by atoms with Crippen molar-refractivity contribution in [2.45, 2.75) is 32.0 Å². The van der Waals surface area contributed by atoms with Gasteiger partial charge in [-0.15, -0.1) is 5.10 Å². The number of halogens is 4. The van der Waals surface area contributed by atoms with Crippen molar-refractivity contribution >= 4 is 29.3 Å². The summed E-state index contributed by atoms with van der Waals surface area (Å²) >= 11 is 0. The topological polar surface area (TPSA) is 136 Å². The molecule has 0 unspecified atom stereocenters. The average Bonchev–Trinajstić information content (AvgIpc) is 3.45. The fourth-order valence-corrected chi connectivity index (χ4v) is 3.80. The summed E-state index contributed by atoms with van der Waals surface area (Å²) in [7, 11) is 1.56. The van der Waals surface area contributed by atoms with Crippen molar-refractivity contribution in [1.29, 1.82) is 0 Å². The van der Waals surface area contributed by atoms with Gasteiger partial charge in [0.25, 0.3) is 5.95 Å². The van der Waals surface area contributed by atoms with Gasteiger partial charge in [0.2, 0.25) is 17.8 Å². The number of ether oxygens (including phenoxy) is 1. The van der Waals surface area contributed by atoms with Crippen molar-refractivity contribution in [3.05, 3.63) is 35.8 Å². The zero-order valence-corrected chi connectivity index (χ0v) is 19.3. The quantitative estimate of drug-likeness (QED) is 0.403. The number of rotatable bonds is 7. The Kier molecular flexibility index (Phi) is 6.81. The second-order valence-electron chi connectivity index (χ2n) is 8.04. The Morgan fingerprint density at radius 3 is 2.81 bits per heavy atom. The zero-order chi connectivity index (χ0) is 26.0. The van der Waals surface area contributed by atoms with Crippen LogP contribution < -0.4 is 26.0 Å². The summed E-state index contributed by atoms with van der Waals surface area (Å²) in [5, 5.41) is 9.10. The van der Waals surface area contributed by atoms with Gasteiger partial charge in [-0.1, -0.05) is 0 Å². The van der Waals surface area contributed by atoms with Crippen LogP contribution in [-0.4, -0.2) is 63.1 Å². The molecule has 200 valence electrons. The first-order valence-corrected chi connectivity index (χ1v) is 10.8. The fourth-order valence-electron chi connectivity index (χ4n) is 3.80. The number of nitrogens with zero attached hydrogens (tertiary/aromatic N) is 6. The standard InChI is InChI=1S/C21H23F4N9O2.4H2/c1-11-8-12(36-2)5-6-14(11)29-19-31-18(26)34(32-19)20-27-9-13(22)16(30-20)33-7-3-4-15(33)17(35)28-10-21(23,24)25;;;;/h5-6,8-9,15H,3-4,7,10H2,1-2H3,(H,28,35)(H3,26,29,31,32);4*1H/t15-;;;;/m1..../s1. The van der Waals surface area contributed by atoms with E-state index in [0.717, 1.165) is 16.4 Å². The number of carbonyl (C=O) groups excluding carboxylic acids is 1. The highest BCUT2D eigenvalue weighted by Gasteiger charge is 2.36. The monoisotopic (exact) mass is 517 g/mol. The minimum absolute atomic E-state index is 0. The molecule has 36 heavy (non-hydrogen) atoms. The second-order valence-corrected chi connectivity index (χ2v) is 8.04. The maximum Gasteiger partial charge on any atom is 0.405 e. The largest absolute Gasteiger partial charge is 0.497 e. The van der Waals surface area contributed by atoms with E-state index in [0.29, 0.717) is 17.9 Å². The van der Waals surface area contributed by atoms with Crippen molar-refractivity contribution in [3.8, 4) is 11.7 Å². The number of benzene rings is 1. The number of methoxy groups -OCH3 is 1. The molecule has 1 fully saturated rings. The molecule has 4 rings (SSSR count). The molecule has 0 aliphatic carbocycles. The summed E-state index contributed by atoms with van der Waals surface area (Å²) in [6.07, 6.45) is -2.98. The summed E-state index contributed by atoms with van der Waals surface area (Å²) in [4.78, 5) is 25.9. The van der Waals surface area contributed by atoms with Gasteiger partial charge in [-0.25, -0.2) is 9.37 Å². The van der Waals surface area contributed by atoms with Crippen molar-refractivity contribution in [2.75, 3.05) is 36.1 Å². The molecule has 3 heterocycles. The van der Waals surface area contributed by atoms with E-state index in [1.807, 2.05) is 18.3 Å². The van der Waals surface area contributed by atoms with E-state index in [1.54, 1.807) is 19.2 Å². The molecule has 1 atom stereocenters. The first-order valence-electron chi connectivity index (χ1n) is 10.8. The number of anilines is 4. The number of aryl methyl sites for hydroxylation is 1. The van der Waals surface area contributed by atoms with E-state index in [2.05, 4.69) is 25.4 Å². The van der Waals surface area contributed by atoms with Gasteiger partial charge in [0, 0.05) is 17.9 Å².